The Hall–Kier alpha value is -1.23. The van der Waals surface area contributed by atoms with Crippen LogP contribution in [0.5, 0.6) is 0 Å². The van der Waals surface area contributed by atoms with Gasteiger partial charge in [-0.2, -0.15) is 0 Å². The van der Waals surface area contributed by atoms with Crippen molar-refractivity contribution in [2.45, 2.75) is 0 Å². The van der Waals surface area contributed by atoms with Crippen molar-refractivity contribution in [3.63, 3.8) is 0 Å². The molecule has 1 atom stereocenters. The molecule has 2 amide bonds. The predicted molar refractivity (Wildman–Crippen MR) is 48.7 cm³/mol. The van der Waals surface area contributed by atoms with Crippen LogP contribution in [0.4, 0.5) is 4.79 Å². The second-order valence-electron chi connectivity index (χ2n) is 3.32. The maximum atomic E-state index is 11.3. The van der Waals surface area contributed by atoms with Gasteiger partial charge in [0, 0.05) is 38.3 Å². The summed E-state index contributed by atoms with van der Waals surface area (Å²) in [6, 6.07) is 0.00204. The molecular formula is C8H14N4O. The van der Waals surface area contributed by atoms with Crippen LogP contribution in [-0.4, -0.2) is 37.6 Å². The van der Waals surface area contributed by atoms with Gasteiger partial charge in [-0.3, -0.25) is 0 Å². The lowest BCUT2D eigenvalue weighted by atomic mass is 10.0. The van der Waals surface area contributed by atoms with Crippen molar-refractivity contribution in [1.82, 2.24) is 21.1 Å². The maximum absolute atomic E-state index is 11.3. The largest absolute Gasteiger partial charge is 0.341 e. The Balaban J connectivity index is 2.03. The van der Waals surface area contributed by atoms with Gasteiger partial charge in [-0.1, -0.05) is 0 Å². The summed E-state index contributed by atoms with van der Waals surface area (Å²) in [6.07, 6.45) is 2.06. The van der Waals surface area contributed by atoms with E-state index in [0.29, 0.717) is 12.5 Å². The monoisotopic (exact) mass is 182 g/mol. The lowest BCUT2D eigenvalue weighted by molar-refractivity contribution is 0.197. The molecule has 5 nitrogen and oxygen atoms in total. The van der Waals surface area contributed by atoms with Crippen LogP contribution in [0.2, 0.25) is 0 Å². The highest BCUT2D eigenvalue weighted by atomic mass is 16.2. The van der Waals surface area contributed by atoms with Gasteiger partial charge in [-0.25, -0.2) is 10.2 Å². The van der Waals surface area contributed by atoms with Crippen molar-refractivity contribution in [1.29, 1.82) is 0 Å². The van der Waals surface area contributed by atoms with E-state index in [1.54, 1.807) is 7.05 Å². The average Bonchev–Trinajstić information content (AvgIpc) is 2.63. The van der Waals surface area contributed by atoms with Crippen molar-refractivity contribution in [3.05, 3.63) is 11.8 Å². The first kappa shape index (κ1) is 8.37. The second kappa shape index (κ2) is 3.26. The maximum Gasteiger partial charge on any atom is 0.317 e. The fraction of sp³-hybridized carbons (Fsp3) is 0.625. The summed E-state index contributed by atoms with van der Waals surface area (Å²) >= 11 is 0. The first-order valence-electron chi connectivity index (χ1n) is 4.47. The summed E-state index contributed by atoms with van der Waals surface area (Å²) in [4.78, 5) is 13.1. The Bertz CT molecular complexity index is 251. The molecule has 0 aromatic heterocycles. The van der Waals surface area contributed by atoms with Crippen molar-refractivity contribution in [2.75, 3.05) is 26.7 Å². The summed E-state index contributed by atoms with van der Waals surface area (Å²) in [5.74, 6) is 0.436. The molecule has 2 aliphatic heterocycles. The van der Waals surface area contributed by atoms with E-state index in [0.717, 1.165) is 13.1 Å². The number of hydrogen-bond donors (Lipinski definition) is 3. The molecule has 0 spiro atoms. The number of rotatable bonds is 0. The molecule has 2 rings (SSSR count). The topological polar surface area (TPSA) is 56.4 Å². The van der Waals surface area contributed by atoms with Crippen LogP contribution < -0.4 is 16.2 Å². The number of urea groups is 1. The third-order valence-corrected chi connectivity index (χ3v) is 2.49. The molecule has 5 heteroatoms. The molecule has 0 bridgehead atoms. The summed E-state index contributed by atoms with van der Waals surface area (Å²) < 4.78 is 0. The van der Waals surface area contributed by atoms with Gasteiger partial charge in [0.05, 0.1) is 0 Å². The Kier molecular flexibility index (Phi) is 2.10. The molecule has 0 radical (unpaired) electrons. The summed E-state index contributed by atoms with van der Waals surface area (Å²) in [6.45, 7) is 2.39. The number of carbonyl (C=O) groups excluding carboxylic acids is 1. The Morgan fingerprint density at radius 3 is 3.38 bits per heavy atom. The number of amides is 2. The van der Waals surface area contributed by atoms with Crippen molar-refractivity contribution in [3.8, 4) is 0 Å². The van der Waals surface area contributed by atoms with Crippen LogP contribution in [-0.2, 0) is 0 Å². The van der Waals surface area contributed by atoms with Crippen molar-refractivity contribution < 1.29 is 4.79 Å². The highest BCUT2D eigenvalue weighted by Gasteiger charge is 2.28. The molecule has 13 heavy (non-hydrogen) atoms. The van der Waals surface area contributed by atoms with Gasteiger partial charge in [-0.15, -0.1) is 0 Å². The van der Waals surface area contributed by atoms with E-state index < -0.39 is 0 Å². The fourth-order valence-corrected chi connectivity index (χ4v) is 1.74. The molecule has 0 aromatic carbocycles. The molecule has 1 fully saturated rings. The van der Waals surface area contributed by atoms with Gasteiger partial charge in [0.15, 0.2) is 0 Å². The normalized spacial score (nSPS) is 26.1. The zero-order valence-electron chi connectivity index (χ0n) is 7.63. The van der Waals surface area contributed by atoms with E-state index in [9.17, 15) is 4.79 Å². The van der Waals surface area contributed by atoms with E-state index in [-0.39, 0.29) is 6.03 Å². The van der Waals surface area contributed by atoms with Crippen LogP contribution in [0, 0.1) is 5.92 Å². The van der Waals surface area contributed by atoms with E-state index in [1.165, 1.54) is 5.70 Å². The van der Waals surface area contributed by atoms with Gasteiger partial charge >= 0.3 is 6.03 Å². The van der Waals surface area contributed by atoms with Crippen molar-refractivity contribution in [2.24, 2.45) is 5.92 Å². The summed E-state index contributed by atoms with van der Waals surface area (Å²) in [5, 5.41) is 2.63. The number of hydrazine groups is 1. The minimum atomic E-state index is 0.00204. The van der Waals surface area contributed by atoms with Crippen LogP contribution in [0.1, 0.15) is 0 Å². The highest BCUT2D eigenvalue weighted by Crippen LogP contribution is 2.17. The molecule has 0 aliphatic carbocycles. The third-order valence-electron chi connectivity index (χ3n) is 2.49. The Morgan fingerprint density at radius 1 is 1.77 bits per heavy atom. The zero-order valence-corrected chi connectivity index (χ0v) is 7.63. The van der Waals surface area contributed by atoms with Gasteiger partial charge in [0.2, 0.25) is 0 Å². The Morgan fingerprint density at radius 2 is 2.62 bits per heavy atom. The fourth-order valence-electron chi connectivity index (χ4n) is 1.74. The molecule has 72 valence electrons. The zero-order chi connectivity index (χ0) is 9.26. The first-order valence-corrected chi connectivity index (χ1v) is 4.47. The number of hydrogen-bond acceptors (Lipinski definition) is 3. The molecule has 1 saturated heterocycles. The number of nitrogens with one attached hydrogen (secondary N) is 3. The smallest absolute Gasteiger partial charge is 0.317 e. The highest BCUT2D eigenvalue weighted by molar-refractivity contribution is 5.74. The molecule has 2 aliphatic rings. The standard InChI is InChI=1S/C8H14N4O/c1-9-8(13)12-3-2-7-6(5-12)4-10-11-7/h2,6,10-11H,3-5H2,1H3,(H,9,13). The van der Waals surface area contributed by atoms with Crippen LogP contribution in [0.15, 0.2) is 11.8 Å². The van der Waals surface area contributed by atoms with E-state index in [1.807, 2.05) is 4.90 Å². The van der Waals surface area contributed by atoms with E-state index in [2.05, 4.69) is 22.2 Å². The van der Waals surface area contributed by atoms with Crippen LogP contribution >= 0.6 is 0 Å². The second-order valence-corrected chi connectivity index (χ2v) is 3.32. The van der Waals surface area contributed by atoms with Gasteiger partial charge < -0.3 is 15.6 Å². The number of carbonyl (C=O) groups is 1. The number of nitrogens with zero attached hydrogens (tertiary/aromatic N) is 1. The van der Waals surface area contributed by atoms with Gasteiger partial charge in [0.25, 0.3) is 0 Å². The van der Waals surface area contributed by atoms with Gasteiger partial charge in [0.1, 0.15) is 0 Å². The van der Waals surface area contributed by atoms with E-state index >= 15 is 0 Å². The lowest BCUT2D eigenvalue weighted by Crippen LogP contribution is -2.44. The predicted octanol–water partition coefficient (Wildman–Crippen LogP) is -0.751. The molecule has 2 heterocycles. The molecule has 0 aromatic rings. The lowest BCUT2D eigenvalue weighted by Gasteiger charge is -2.28. The number of fused-ring (bicyclic) bond motifs is 1. The summed E-state index contributed by atoms with van der Waals surface area (Å²) in [5.41, 5.74) is 7.38. The molecule has 3 N–H and O–H groups in total. The van der Waals surface area contributed by atoms with Crippen LogP contribution in [0.3, 0.4) is 0 Å². The molecular weight excluding hydrogens is 168 g/mol. The quantitative estimate of drug-likeness (QED) is 0.462. The third kappa shape index (κ3) is 1.47. The van der Waals surface area contributed by atoms with Gasteiger partial charge in [-0.05, 0) is 6.08 Å². The molecule has 0 saturated carbocycles. The van der Waals surface area contributed by atoms with Crippen molar-refractivity contribution >= 4 is 6.03 Å². The average molecular weight is 182 g/mol. The Labute approximate surface area is 77.1 Å². The summed E-state index contributed by atoms with van der Waals surface area (Å²) in [7, 11) is 1.66. The minimum Gasteiger partial charge on any atom is -0.341 e. The van der Waals surface area contributed by atoms with E-state index in [4.69, 9.17) is 0 Å². The van der Waals surface area contributed by atoms with Crippen LogP contribution in [0.25, 0.3) is 0 Å². The molecule has 1 unspecified atom stereocenters. The minimum absolute atomic E-state index is 0.00204. The first-order chi connectivity index (χ1) is 6.31. The SMILES string of the molecule is CNC(=O)N1CC=C2NNCC2C1.